The zero-order chi connectivity index (χ0) is 17.1. The first-order valence-corrected chi connectivity index (χ1v) is 7.91. The lowest BCUT2D eigenvalue weighted by molar-refractivity contribution is -0.0600. The van der Waals surface area contributed by atoms with Crippen molar-refractivity contribution in [2.75, 3.05) is 20.3 Å². The Morgan fingerprint density at radius 1 is 1.46 bits per heavy atom. The van der Waals surface area contributed by atoms with Crippen molar-refractivity contribution >= 4 is 5.91 Å². The van der Waals surface area contributed by atoms with Crippen molar-refractivity contribution < 1.29 is 18.8 Å². The number of morpholine rings is 1. The highest BCUT2D eigenvalue weighted by Crippen LogP contribution is 2.30. The Labute approximate surface area is 140 Å². The molecule has 1 aromatic heterocycles. The smallest absolute Gasteiger partial charge is 0.254 e. The van der Waals surface area contributed by atoms with Crippen LogP contribution in [0.25, 0.3) is 0 Å². The third kappa shape index (κ3) is 3.32. The van der Waals surface area contributed by atoms with Crippen LogP contribution in [0.1, 0.15) is 40.6 Å². The molecule has 0 N–H and O–H groups in total. The van der Waals surface area contributed by atoms with Crippen LogP contribution in [0.3, 0.4) is 0 Å². The number of nitrogens with zero attached hydrogens (tertiary/aromatic N) is 3. The zero-order valence-electron chi connectivity index (χ0n) is 14.1. The molecule has 0 radical (unpaired) electrons. The molecule has 1 saturated heterocycles. The summed E-state index contributed by atoms with van der Waals surface area (Å²) in [7, 11) is 1.63. The molecule has 2 heterocycles. The Balaban J connectivity index is 1.90. The fraction of sp³-hybridized carbons (Fsp3) is 0.471. The highest BCUT2D eigenvalue weighted by atomic mass is 16.5. The van der Waals surface area contributed by atoms with Gasteiger partial charge in [-0.1, -0.05) is 17.3 Å². The van der Waals surface area contributed by atoms with Gasteiger partial charge in [0.1, 0.15) is 6.04 Å². The van der Waals surface area contributed by atoms with Gasteiger partial charge in [-0.15, -0.1) is 0 Å². The van der Waals surface area contributed by atoms with Gasteiger partial charge in [0.15, 0.2) is 5.82 Å². The maximum Gasteiger partial charge on any atom is 0.254 e. The summed E-state index contributed by atoms with van der Waals surface area (Å²) >= 11 is 0. The molecule has 1 aliphatic rings. The van der Waals surface area contributed by atoms with E-state index in [1.165, 1.54) is 0 Å². The quantitative estimate of drug-likeness (QED) is 0.854. The summed E-state index contributed by atoms with van der Waals surface area (Å²) in [6.45, 7) is 5.08. The number of amides is 1. The maximum absolute atomic E-state index is 13.0. The third-order valence-electron chi connectivity index (χ3n) is 4.04. The first-order chi connectivity index (χ1) is 11.6. The minimum absolute atomic E-state index is 0.0797. The predicted molar refractivity (Wildman–Crippen MR) is 85.4 cm³/mol. The summed E-state index contributed by atoms with van der Waals surface area (Å²) in [5, 5.41) is 3.84. The number of carbonyl (C=O) groups excluding carboxylic acids is 1. The van der Waals surface area contributed by atoms with E-state index in [2.05, 4.69) is 10.1 Å². The Hall–Kier alpha value is -2.25. The summed E-state index contributed by atoms with van der Waals surface area (Å²) in [6.07, 6.45) is -0.218. The lowest BCUT2D eigenvalue weighted by atomic mass is 10.0. The maximum atomic E-state index is 13.0. The van der Waals surface area contributed by atoms with E-state index in [1.54, 1.807) is 25.0 Å². The monoisotopic (exact) mass is 331 g/mol. The van der Waals surface area contributed by atoms with E-state index < -0.39 is 6.04 Å². The zero-order valence-corrected chi connectivity index (χ0v) is 14.1. The van der Waals surface area contributed by atoms with Crippen molar-refractivity contribution in [2.24, 2.45) is 0 Å². The molecular weight excluding hydrogens is 310 g/mol. The summed E-state index contributed by atoms with van der Waals surface area (Å²) in [5.74, 6) is 0.863. The number of rotatable bonds is 4. The lowest BCUT2D eigenvalue weighted by Gasteiger charge is -2.37. The standard InChI is InChI=1S/C17H21N3O4/c1-11-15(16-18-12(2)19-24-16)20(7-8-23-11)17(21)14-6-4-5-13(9-14)10-22-3/h4-6,9,11,15H,7-8,10H2,1-3H3/t11-,15+/m1/s1. The molecule has 1 fully saturated rings. The molecule has 0 unspecified atom stereocenters. The van der Waals surface area contributed by atoms with Crippen LogP contribution in [-0.4, -0.2) is 47.3 Å². The highest BCUT2D eigenvalue weighted by molar-refractivity contribution is 5.94. The van der Waals surface area contributed by atoms with Crippen molar-refractivity contribution in [3.8, 4) is 0 Å². The topological polar surface area (TPSA) is 77.7 Å². The van der Waals surface area contributed by atoms with Gasteiger partial charge in [0.2, 0.25) is 0 Å². The molecule has 0 aliphatic carbocycles. The van der Waals surface area contributed by atoms with E-state index in [1.807, 2.05) is 25.1 Å². The minimum atomic E-state index is -0.390. The predicted octanol–water partition coefficient (Wildman–Crippen LogP) is 2.13. The van der Waals surface area contributed by atoms with Crippen molar-refractivity contribution in [1.29, 1.82) is 0 Å². The summed E-state index contributed by atoms with van der Waals surface area (Å²) in [5.41, 5.74) is 1.56. The molecule has 7 heteroatoms. The molecule has 1 aromatic carbocycles. The van der Waals surface area contributed by atoms with Crippen LogP contribution in [0.2, 0.25) is 0 Å². The largest absolute Gasteiger partial charge is 0.380 e. The van der Waals surface area contributed by atoms with E-state index in [4.69, 9.17) is 14.0 Å². The van der Waals surface area contributed by atoms with Gasteiger partial charge in [0.25, 0.3) is 11.8 Å². The number of aromatic nitrogens is 2. The number of hydrogen-bond acceptors (Lipinski definition) is 6. The molecule has 24 heavy (non-hydrogen) atoms. The molecular formula is C17H21N3O4. The van der Waals surface area contributed by atoms with Gasteiger partial charge in [0.05, 0.1) is 19.3 Å². The number of benzene rings is 1. The molecule has 128 valence electrons. The first-order valence-electron chi connectivity index (χ1n) is 7.91. The SMILES string of the molecule is COCc1cccc(C(=O)N2CCO[C@H](C)[C@H]2c2nc(C)no2)c1. The van der Waals surface area contributed by atoms with Crippen molar-refractivity contribution in [3.05, 3.63) is 47.1 Å². The van der Waals surface area contributed by atoms with Crippen molar-refractivity contribution in [1.82, 2.24) is 15.0 Å². The van der Waals surface area contributed by atoms with Crippen LogP contribution in [-0.2, 0) is 16.1 Å². The Bertz CT molecular complexity index is 715. The molecule has 1 amide bonds. The highest BCUT2D eigenvalue weighted by Gasteiger charge is 2.38. The number of carbonyl (C=O) groups is 1. The summed E-state index contributed by atoms with van der Waals surface area (Å²) in [4.78, 5) is 19.1. The second-order valence-electron chi connectivity index (χ2n) is 5.83. The number of ether oxygens (including phenoxy) is 2. The molecule has 7 nitrogen and oxygen atoms in total. The molecule has 0 bridgehead atoms. The molecule has 1 aliphatic heterocycles. The summed E-state index contributed by atoms with van der Waals surface area (Å²) < 4.78 is 16.1. The van der Waals surface area contributed by atoms with E-state index in [-0.39, 0.29) is 12.0 Å². The van der Waals surface area contributed by atoms with Crippen LogP contribution < -0.4 is 0 Å². The van der Waals surface area contributed by atoms with Gasteiger partial charge < -0.3 is 18.9 Å². The lowest BCUT2D eigenvalue weighted by Crippen LogP contribution is -2.47. The number of hydrogen-bond donors (Lipinski definition) is 0. The average molecular weight is 331 g/mol. The average Bonchev–Trinajstić information content (AvgIpc) is 3.00. The fourth-order valence-electron chi connectivity index (χ4n) is 2.94. The van der Waals surface area contributed by atoms with Crippen LogP contribution in [0.4, 0.5) is 0 Å². The van der Waals surface area contributed by atoms with E-state index in [9.17, 15) is 4.79 Å². The first kappa shape index (κ1) is 16.6. The Morgan fingerprint density at radius 2 is 2.29 bits per heavy atom. The minimum Gasteiger partial charge on any atom is -0.380 e. The van der Waals surface area contributed by atoms with Crippen molar-refractivity contribution in [2.45, 2.75) is 32.6 Å². The van der Waals surface area contributed by atoms with Gasteiger partial charge in [-0.3, -0.25) is 4.79 Å². The molecule has 2 atom stereocenters. The number of methoxy groups -OCH3 is 1. The number of aryl methyl sites for hydroxylation is 1. The van der Waals surface area contributed by atoms with Gasteiger partial charge in [0, 0.05) is 19.2 Å². The van der Waals surface area contributed by atoms with E-state index in [0.717, 1.165) is 5.56 Å². The van der Waals surface area contributed by atoms with E-state index in [0.29, 0.717) is 37.0 Å². The molecule has 0 spiro atoms. The molecule has 2 aromatic rings. The Kier molecular flexibility index (Phi) is 4.92. The van der Waals surface area contributed by atoms with Crippen LogP contribution in [0.5, 0.6) is 0 Å². The fourth-order valence-corrected chi connectivity index (χ4v) is 2.94. The van der Waals surface area contributed by atoms with E-state index >= 15 is 0 Å². The van der Waals surface area contributed by atoms with Gasteiger partial charge >= 0.3 is 0 Å². The van der Waals surface area contributed by atoms with Gasteiger partial charge in [-0.25, -0.2) is 0 Å². The second kappa shape index (κ2) is 7.11. The molecule has 3 rings (SSSR count). The normalized spacial score (nSPS) is 21.0. The van der Waals surface area contributed by atoms with Crippen LogP contribution in [0.15, 0.2) is 28.8 Å². The van der Waals surface area contributed by atoms with Gasteiger partial charge in [-0.2, -0.15) is 4.98 Å². The van der Waals surface area contributed by atoms with Crippen LogP contribution >= 0.6 is 0 Å². The van der Waals surface area contributed by atoms with Gasteiger partial charge in [-0.05, 0) is 31.5 Å². The summed E-state index contributed by atoms with van der Waals surface area (Å²) in [6, 6.07) is 7.05. The molecule has 0 saturated carbocycles. The third-order valence-corrected chi connectivity index (χ3v) is 4.04. The van der Waals surface area contributed by atoms with Crippen LogP contribution in [0, 0.1) is 6.92 Å². The second-order valence-corrected chi connectivity index (χ2v) is 5.83. The Morgan fingerprint density at radius 3 is 3.00 bits per heavy atom. The van der Waals surface area contributed by atoms with Crippen molar-refractivity contribution in [3.63, 3.8) is 0 Å².